The summed E-state index contributed by atoms with van der Waals surface area (Å²) in [5, 5.41) is 2.94. The van der Waals surface area contributed by atoms with Crippen LogP contribution >= 0.6 is 0 Å². The highest BCUT2D eigenvalue weighted by Gasteiger charge is 2.36. The van der Waals surface area contributed by atoms with Crippen LogP contribution in [-0.2, 0) is 21.5 Å². The fourth-order valence-electron chi connectivity index (χ4n) is 4.04. The van der Waals surface area contributed by atoms with E-state index < -0.39 is 10.2 Å². The summed E-state index contributed by atoms with van der Waals surface area (Å²) in [6, 6.07) is 5.51. The summed E-state index contributed by atoms with van der Waals surface area (Å²) in [6.45, 7) is 2.16. The molecule has 0 aromatic heterocycles. The predicted molar refractivity (Wildman–Crippen MR) is 110 cm³/mol. The number of carbonyl (C=O) groups is 1. The molecule has 0 radical (unpaired) electrons. The first kappa shape index (κ1) is 21.9. The average Bonchev–Trinajstić information content (AvgIpc) is 2.77. The smallest absolute Gasteiger partial charge is 0.281 e. The minimum atomic E-state index is -3.49. The Morgan fingerprint density at radius 3 is 2.48 bits per heavy atom. The highest BCUT2D eigenvalue weighted by Crippen LogP contribution is 2.30. The Hall–Kier alpha value is -1.84. The lowest BCUT2D eigenvalue weighted by molar-refractivity contribution is -0.126. The second-order valence-corrected chi connectivity index (χ2v) is 9.46. The molecule has 2 aliphatic heterocycles. The fourth-order valence-corrected chi connectivity index (χ4v) is 5.82. The van der Waals surface area contributed by atoms with Gasteiger partial charge in [-0.2, -0.15) is 17.0 Å². The summed E-state index contributed by atoms with van der Waals surface area (Å²) in [5.74, 6) is 0.720. The second kappa shape index (κ2) is 9.77. The molecule has 0 aliphatic carbocycles. The number of nitrogens with one attached hydrogen (secondary N) is 1. The van der Waals surface area contributed by atoms with Crippen LogP contribution in [0.5, 0.6) is 11.5 Å². The molecule has 1 N–H and O–H groups in total. The number of nitrogens with zero attached hydrogens (tertiary/aromatic N) is 2. The average molecular weight is 426 g/mol. The Morgan fingerprint density at radius 2 is 1.79 bits per heavy atom. The summed E-state index contributed by atoms with van der Waals surface area (Å²) < 4.78 is 39.6. The van der Waals surface area contributed by atoms with Crippen LogP contribution in [0.2, 0.25) is 0 Å². The number of piperidine rings is 2. The summed E-state index contributed by atoms with van der Waals surface area (Å²) in [4.78, 5) is 12.8. The summed E-state index contributed by atoms with van der Waals surface area (Å²) in [6.07, 6.45) is 4.25. The zero-order valence-electron chi connectivity index (χ0n) is 17.2. The van der Waals surface area contributed by atoms with Gasteiger partial charge in [0.2, 0.25) is 5.91 Å². The normalized spacial score (nSPS) is 21.5. The van der Waals surface area contributed by atoms with Gasteiger partial charge in [-0.15, -0.1) is 0 Å². The van der Waals surface area contributed by atoms with Gasteiger partial charge in [0.25, 0.3) is 10.2 Å². The van der Waals surface area contributed by atoms with Crippen molar-refractivity contribution in [1.29, 1.82) is 0 Å². The van der Waals surface area contributed by atoms with Crippen molar-refractivity contribution in [2.45, 2.75) is 38.6 Å². The summed E-state index contributed by atoms with van der Waals surface area (Å²) in [7, 11) is -0.356. The number of rotatable bonds is 7. The molecule has 0 unspecified atom stereocenters. The zero-order valence-corrected chi connectivity index (χ0v) is 18.0. The summed E-state index contributed by atoms with van der Waals surface area (Å²) >= 11 is 0. The van der Waals surface area contributed by atoms with Gasteiger partial charge in [0, 0.05) is 38.3 Å². The predicted octanol–water partition coefficient (Wildman–Crippen LogP) is 1.76. The van der Waals surface area contributed by atoms with Gasteiger partial charge in [-0.3, -0.25) is 4.79 Å². The number of hydrogen-bond acceptors (Lipinski definition) is 5. The first-order valence-corrected chi connectivity index (χ1v) is 11.6. The topological polar surface area (TPSA) is 88.2 Å². The van der Waals surface area contributed by atoms with Crippen LogP contribution in [0, 0.1) is 5.92 Å². The van der Waals surface area contributed by atoms with Crippen molar-refractivity contribution in [2.24, 2.45) is 5.92 Å². The molecule has 3 rings (SSSR count). The second-order valence-electron chi connectivity index (χ2n) is 7.54. The minimum absolute atomic E-state index is 0.131. The standard InChI is InChI=1S/C20H31N3O5S/c1-27-18-10-6-8-16(19(18)28-2)14-21-20(24)17-9-7-13-23(15-17)29(25,26)22-11-4-3-5-12-22/h6,8,10,17H,3-5,7,9,11-15H2,1-2H3,(H,21,24)/t17-/m1/s1. The molecular weight excluding hydrogens is 394 g/mol. The van der Waals surface area contributed by atoms with E-state index in [0.29, 0.717) is 50.5 Å². The molecule has 29 heavy (non-hydrogen) atoms. The van der Waals surface area contributed by atoms with Crippen molar-refractivity contribution in [1.82, 2.24) is 13.9 Å². The summed E-state index contributed by atoms with van der Waals surface area (Å²) in [5.41, 5.74) is 0.814. The number of methoxy groups -OCH3 is 2. The van der Waals surface area contributed by atoms with Gasteiger partial charge >= 0.3 is 0 Å². The Bertz CT molecular complexity index is 808. The van der Waals surface area contributed by atoms with E-state index in [4.69, 9.17) is 9.47 Å². The molecule has 8 nitrogen and oxygen atoms in total. The van der Waals surface area contributed by atoms with E-state index in [1.165, 1.54) is 4.31 Å². The Kier molecular flexibility index (Phi) is 7.37. The van der Waals surface area contributed by atoms with Crippen LogP contribution in [-0.4, -0.2) is 63.3 Å². The Labute approximate surface area is 173 Å². The van der Waals surface area contributed by atoms with Crippen LogP contribution in [0.4, 0.5) is 0 Å². The highest BCUT2D eigenvalue weighted by molar-refractivity contribution is 7.86. The van der Waals surface area contributed by atoms with Crippen LogP contribution < -0.4 is 14.8 Å². The van der Waals surface area contributed by atoms with E-state index >= 15 is 0 Å². The van der Waals surface area contributed by atoms with Crippen LogP contribution in [0.1, 0.15) is 37.7 Å². The van der Waals surface area contributed by atoms with E-state index in [1.807, 2.05) is 12.1 Å². The lowest BCUT2D eigenvalue weighted by Gasteiger charge is -2.36. The molecule has 2 saturated heterocycles. The van der Waals surface area contributed by atoms with Gasteiger partial charge in [-0.1, -0.05) is 18.6 Å². The number of amides is 1. The van der Waals surface area contributed by atoms with Crippen LogP contribution in [0.3, 0.4) is 0 Å². The van der Waals surface area contributed by atoms with Crippen LogP contribution in [0.15, 0.2) is 18.2 Å². The molecule has 162 valence electrons. The van der Waals surface area contributed by atoms with Gasteiger partial charge < -0.3 is 14.8 Å². The maximum Gasteiger partial charge on any atom is 0.281 e. The van der Waals surface area contributed by atoms with Gasteiger partial charge in [-0.25, -0.2) is 0 Å². The molecule has 9 heteroatoms. The largest absolute Gasteiger partial charge is 0.493 e. The monoisotopic (exact) mass is 425 g/mol. The molecular formula is C20H31N3O5S. The molecule has 0 bridgehead atoms. The third-order valence-corrected chi connectivity index (χ3v) is 7.66. The van der Waals surface area contributed by atoms with E-state index in [2.05, 4.69) is 5.32 Å². The number of ether oxygens (including phenoxy) is 2. The van der Waals surface area contributed by atoms with Gasteiger partial charge in [-0.05, 0) is 31.7 Å². The first-order valence-electron chi connectivity index (χ1n) is 10.2. The SMILES string of the molecule is COc1cccc(CNC(=O)[C@@H]2CCCN(S(=O)(=O)N3CCCCC3)C2)c1OC. The molecule has 1 atom stereocenters. The molecule has 1 aromatic rings. The van der Waals surface area contributed by atoms with Crippen molar-refractivity contribution in [3.63, 3.8) is 0 Å². The van der Waals surface area contributed by atoms with Crippen molar-refractivity contribution >= 4 is 16.1 Å². The zero-order chi connectivity index (χ0) is 20.9. The molecule has 2 fully saturated rings. The highest BCUT2D eigenvalue weighted by atomic mass is 32.2. The third kappa shape index (κ3) is 5.02. The Balaban J connectivity index is 1.61. The first-order chi connectivity index (χ1) is 14.0. The number of benzene rings is 1. The minimum Gasteiger partial charge on any atom is -0.493 e. The number of para-hydroxylation sites is 1. The van der Waals surface area contributed by atoms with Crippen LogP contribution in [0.25, 0.3) is 0 Å². The van der Waals surface area contributed by atoms with E-state index in [0.717, 1.165) is 24.8 Å². The van der Waals surface area contributed by atoms with Crippen molar-refractivity contribution in [3.05, 3.63) is 23.8 Å². The van der Waals surface area contributed by atoms with Gasteiger partial charge in [0.15, 0.2) is 11.5 Å². The van der Waals surface area contributed by atoms with Gasteiger partial charge in [0.1, 0.15) is 0 Å². The van der Waals surface area contributed by atoms with Crippen molar-refractivity contribution < 1.29 is 22.7 Å². The molecule has 0 saturated carbocycles. The van der Waals surface area contributed by atoms with Gasteiger partial charge in [0.05, 0.1) is 20.1 Å². The molecule has 0 spiro atoms. The molecule has 1 aromatic carbocycles. The lowest BCUT2D eigenvalue weighted by atomic mass is 9.98. The Morgan fingerprint density at radius 1 is 1.07 bits per heavy atom. The van der Waals surface area contributed by atoms with E-state index in [1.54, 1.807) is 24.6 Å². The molecule has 2 heterocycles. The third-order valence-electron chi connectivity index (χ3n) is 5.66. The van der Waals surface area contributed by atoms with E-state index in [-0.39, 0.29) is 18.4 Å². The van der Waals surface area contributed by atoms with Crippen molar-refractivity contribution in [3.8, 4) is 11.5 Å². The maximum absolute atomic E-state index is 12.9. The fraction of sp³-hybridized carbons (Fsp3) is 0.650. The van der Waals surface area contributed by atoms with E-state index in [9.17, 15) is 13.2 Å². The maximum atomic E-state index is 12.9. The number of carbonyl (C=O) groups excluding carboxylic acids is 1. The molecule has 2 aliphatic rings. The lowest BCUT2D eigenvalue weighted by Crippen LogP contribution is -2.51. The quantitative estimate of drug-likeness (QED) is 0.719. The molecule has 1 amide bonds. The van der Waals surface area contributed by atoms with Crippen molar-refractivity contribution in [2.75, 3.05) is 40.4 Å². The number of hydrogen-bond donors (Lipinski definition) is 1.